The van der Waals surface area contributed by atoms with Gasteiger partial charge in [0, 0.05) is 35.5 Å². The predicted molar refractivity (Wildman–Crippen MR) is 135 cm³/mol. The van der Waals surface area contributed by atoms with Gasteiger partial charge in [-0.3, -0.25) is 9.59 Å². The summed E-state index contributed by atoms with van der Waals surface area (Å²) in [7, 11) is 2.07. The molecule has 1 aromatic heterocycles. The van der Waals surface area contributed by atoms with Gasteiger partial charge in [-0.1, -0.05) is 37.0 Å². The van der Waals surface area contributed by atoms with Gasteiger partial charge in [-0.25, -0.2) is 4.98 Å². The number of nitrogens with zero attached hydrogens (tertiary/aromatic N) is 2. The van der Waals surface area contributed by atoms with Gasteiger partial charge in [-0.15, -0.1) is 17.8 Å². The average Bonchev–Trinajstić information content (AvgIpc) is 3.27. The van der Waals surface area contributed by atoms with Crippen LogP contribution in [0, 0.1) is 12.3 Å². The minimum atomic E-state index is -1.16. The molecule has 2 atom stereocenters. The van der Waals surface area contributed by atoms with Gasteiger partial charge in [-0.2, -0.15) is 0 Å². The van der Waals surface area contributed by atoms with E-state index in [9.17, 15) is 9.59 Å². The molecule has 2 heterocycles. The van der Waals surface area contributed by atoms with Crippen molar-refractivity contribution < 1.29 is 9.59 Å². The normalized spacial score (nSPS) is 22.7. The second kappa shape index (κ2) is 8.95. The zero-order chi connectivity index (χ0) is 23.9. The number of carbonyl (C=O) groups excluding carboxylic acids is 2. The van der Waals surface area contributed by atoms with Crippen LogP contribution in [0.15, 0.2) is 36.4 Å². The van der Waals surface area contributed by atoms with E-state index in [-0.39, 0.29) is 11.7 Å². The molecule has 7 heteroatoms. The van der Waals surface area contributed by atoms with E-state index < -0.39 is 11.6 Å². The zero-order valence-corrected chi connectivity index (χ0v) is 20.1. The van der Waals surface area contributed by atoms with Crippen LogP contribution in [-0.4, -0.2) is 46.7 Å². The fourth-order valence-corrected chi connectivity index (χ4v) is 6.15. The number of terminal acetylenes is 1. The summed E-state index contributed by atoms with van der Waals surface area (Å²) < 4.78 is 0. The summed E-state index contributed by atoms with van der Waals surface area (Å²) in [5, 5.41) is 5.44. The summed E-state index contributed by atoms with van der Waals surface area (Å²) in [4.78, 5) is 34.8. The molecule has 2 unspecified atom stereocenters. The largest absolute Gasteiger partial charge is 0.345 e. The van der Waals surface area contributed by atoms with Crippen LogP contribution < -0.4 is 11.1 Å². The Morgan fingerprint density at radius 1 is 1.24 bits per heavy atom. The molecule has 2 aliphatic rings. The number of thiazole rings is 1. The highest BCUT2D eigenvalue weighted by Gasteiger charge is 2.45. The number of nitrogens with one attached hydrogen (secondary N) is 1. The summed E-state index contributed by atoms with van der Waals surface area (Å²) in [6, 6.07) is 10.8. The number of rotatable bonds is 4. The molecule has 3 aromatic rings. The summed E-state index contributed by atoms with van der Waals surface area (Å²) in [5.74, 6) is 2.26. The lowest BCUT2D eigenvalue weighted by atomic mass is 9.73. The minimum Gasteiger partial charge on any atom is -0.345 e. The van der Waals surface area contributed by atoms with Gasteiger partial charge >= 0.3 is 0 Å². The molecule has 1 saturated carbocycles. The average molecular weight is 473 g/mol. The van der Waals surface area contributed by atoms with Crippen LogP contribution in [0.25, 0.3) is 10.8 Å². The SMILES string of the molecule is C#Cc1ccc2cc(C(=O)C3(N)CCCCC3NC(=O)c3nc4c(s3)CN(C)CC4)ccc2c1. The third-order valence-electron chi connectivity index (χ3n) is 7.07. The Bertz CT molecular complexity index is 1320. The molecule has 0 bridgehead atoms. The van der Waals surface area contributed by atoms with Crippen molar-refractivity contribution in [3.63, 3.8) is 0 Å². The first-order chi connectivity index (χ1) is 16.4. The summed E-state index contributed by atoms with van der Waals surface area (Å²) in [6.07, 6.45) is 9.33. The number of aromatic nitrogens is 1. The molecule has 1 amide bonds. The molecule has 0 saturated heterocycles. The number of ketones is 1. The van der Waals surface area contributed by atoms with Crippen LogP contribution in [0.3, 0.4) is 0 Å². The molecule has 34 heavy (non-hydrogen) atoms. The van der Waals surface area contributed by atoms with Gasteiger partial charge in [0.15, 0.2) is 10.8 Å². The van der Waals surface area contributed by atoms with E-state index in [0.717, 1.165) is 59.3 Å². The van der Waals surface area contributed by atoms with E-state index in [0.29, 0.717) is 23.4 Å². The maximum Gasteiger partial charge on any atom is 0.280 e. The maximum atomic E-state index is 13.7. The molecule has 2 aromatic carbocycles. The lowest BCUT2D eigenvalue weighted by Crippen LogP contribution is -2.64. The second-order valence-corrected chi connectivity index (χ2v) is 10.5. The Kier molecular flexibility index (Phi) is 5.98. The van der Waals surface area contributed by atoms with Gasteiger partial charge in [-0.05, 0) is 48.9 Å². The summed E-state index contributed by atoms with van der Waals surface area (Å²) >= 11 is 1.44. The van der Waals surface area contributed by atoms with E-state index in [4.69, 9.17) is 12.2 Å². The number of hydrogen-bond acceptors (Lipinski definition) is 6. The molecule has 6 nitrogen and oxygen atoms in total. The lowest BCUT2D eigenvalue weighted by molar-refractivity contribution is 0.0758. The van der Waals surface area contributed by atoms with E-state index in [1.54, 1.807) is 6.07 Å². The van der Waals surface area contributed by atoms with Gasteiger partial charge < -0.3 is 16.0 Å². The molecular weight excluding hydrogens is 444 g/mol. The van der Waals surface area contributed by atoms with Crippen molar-refractivity contribution in [1.82, 2.24) is 15.2 Å². The van der Waals surface area contributed by atoms with Gasteiger partial charge in [0.1, 0.15) is 5.54 Å². The summed E-state index contributed by atoms with van der Waals surface area (Å²) in [6.45, 7) is 1.75. The highest BCUT2D eigenvalue weighted by Crippen LogP contribution is 2.32. The van der Waals surface area contributed by atoms with Crippen LogP contribution in [-0.2, 0) is 13.0 Å². The predicted octanol–water partition coefficient (Wildman–Crippen LogP) is 3.52. The van der Waals surface area contributed by atoms with Crippen LogP contribution >= 0.6 is 11.3 Å². The first-order valence-electron chi connectivity index (χ1n) is 11.7. The number of nitrogens with two attached hydrogens (primary N) is 1. The molecule has 0 spiro atoms. The lowest BCUT2D eigenvalue weighted by Gasteiger charge is -2.40. The highest BCUT2D eigenvalue weighted by atomic mass is 32.1. The van der Waals surface area contributed by atoms with Gasteiger partial charge in [0.25, 0.3) is 5.91 Å². The number of Topliss-reactive ketones (excluding diaryl/α,β-unsaturated/α-hetero) is 1. The maximum absolute atomic E-state index is 13.7. The highest BCUT2D eigenvalue weighted by molar-refractivity contribution is 7.13. The fourth-order valence-electron chi connectivity index (χ4n) is 5.06. The molecular formula is C27H28N4O2S. The zero-order valence-electron chi connectivity index (χ0n) is 19.3. The minimum absolute atomic E-state index is 0.138. The van der Waals surface area contributed by atoms with E-state index in [2.05, 4.69) is 28.2 Å². The van der Waals surface area contributed by atoms with Crippen molar-refractivity contribution >= 4 is 33.8 Å². The number of fused-ring (bicyclic) bond motifs is 2. The third kappa shape index (κ3) is 4.14. The number of amides is 1. The standard InChI is InChI=1S/C27H28N4O2S/c1-3-17-7-8-19-15-20(10-9-18(19)14-17)24(32)27(28)12-5-4-6-23(27)30-25(33)26-29-21-11-13-31(2)16-22(21)34-26/h1,7-10,14-15,23H,4-6,11-13,16,28H2,2H3,(H,30,33). The summed E-state index contributed by atoms with van der Waals surface area (Å²) in [5.41, 5.74) is 8.00. The van der Waals surface area contributed by atoms with Gasteiger partial charge in [0.2, 0.25) is 0 Å². The van der Waals surface area contributed by atoms with E-state index >= 15 is 0 Å². The number of benzene rings is 2. The van der Waals surface area contributed by atoms with Crippen LogP contribution in [0.4, 0.5) is 0 Å². The van der Waals surface area contributed by atoms with Crippen molar-refractivity contribution in [3.05, 3.63) is 63.1 Å². The van der Waals surface area contributed by atoms with Gasteiger partial charge in [0.05, 0.1) is 11.7 Å². The molecule has 0 radical (unpaired) electrons. The molecule has 5 rings (SSSR count). The third-order valence-corrected chi connectivity index (χ3v) is 8.15. The smallest absolute Gasteiger partial charge is 0.280 e. The Morgan fingerprint density at radius 3 is 2.85 bits per heavy atom. The van der Waals surface area contributed by atoms with Crippen molar-refractivity contribution in [2.75, 3.05) is 13.6 Å². The quantitative estimate of drug-likeness (QED) is 0.448. The van der Waals surface area contributed by atoms with Crippen molar-refractivity contribution in [2.45, 2.75) is 50.2 Å². The van der Waals surface area contributed by atoms with E-state index in [1.807, 2.05) is 30.3 Å². The Hall–Kier alpha value is -3.05. The van der Waals surface area contributed by atoms with Crippen LogP contribution in [0.2, 0.25) is 0 Å². The van der Waals surface area contributed by atoms with Crippen molar-refractivity contribution in [3.8, 4) is 12.3 Å². The van der Waals surface area contributed by atoms with E-state index in [1.165, 1.54) is 11.3 Å². The molecule has 1 aliphatic heterocycles. The fraction of sp³-hybridized carbons (Fsp3) is 0.370. The molecule has 3 N–H and O–H groups in total. The Labute approximate surface area is 203 Å². The first kappa shape index (κ1) is 22.7. The number of likely N-dealkylation sites (N-methyl/N-ethyl adjacent to an activating group) is 1. The monoisotopic (exact) mass is 472 g/mol. The second-order valence-electron chi connectivity index (χ2n) is 9.44. The van der Waals surface area contributed by atoms with Crippen LogP contribution in [0.5, 0.6) is 0 Å². The molecule has 1 aliphatic carbocycles. The number of carbonyl (C=O) groups is 2. The van der Waals surface area contributed by atoms with Crippen LogP contribution in [0.1, 0.15) is 62.0 Å². The molecule has 174 valence electrons. The van der Waals surface area contributed by atoms with Crippen molar-refractivity contribution in [1.29, 1.82) is 0 Å². The Balaban J connectivity index is 1.39. The number of hydrogen-bond donors (Lipinski definition) is 2. The topological polar surface area (TPSA) is 88.3 Å². The molecule has 1 fully saturated rings. The van der Waals surface area contributed by atoms with Crippen molar-refractivity contribution in [2.24, 2.45) is 5.73 Å². The Morgan fingerprint density at radius 2 is 2.03 bits per heavy atom. The first-order valence-corrected chi connectivity index (χ1v) is 12.5.